The van der Waals surface area contributed by atoms with Crippen molar-refractivity contribution in [2.75, 3.05) is 19.0 Å². The molecule has 1 N–H and O–H groups in total. The molecule has 0 aliphatic heterocycles. The molecule has 2 heterocycles. The maximum absolute atomic E-state index is 4.56. The van der Waals surface area contributed by atoms with E-state index in [1.54, 1.807) is 6.33 Å². The topological polar surface area (TPSA) is 44.8 Å². The van der Waals surface area contributed by atoms with Crippen LogP contribution >= 0.6 is 0 Å². The van der Waals surface area contributed by atoms with Gasteiger partial charge in [0.25, 0.3) is 0 Å². The number of rotatable bonds is 2. The maximum Gasteiger partial charge on any atom is 0.142 e. The summed E-state index contributed by atoms with van der Waals surface area (Å²) < 4.78 is 0. The van der Waals surface area contributed by atoms with Gasteiger partial charge in [0.2, 0.25) is 0 Å². The second kappa shape index (κ2) is 5.09. The number of fused-ring (bicyclic) bond motifs is 3. The van der Waals surface area contributed by atoms with Crippen molar-refractivity contribution in [2.45, 2.75) is 6.92 Å². The van der Waals surface area contributed by atoms with Crippen LogP contribution < -0.4 is 4.90 Å². The lowest BCUT2D eigenvalue weighted by Gasteiger charge is -2.12. The summed E-state index contributed by atoms with van der Waals surface area (Å²) in [5.41, 5.74) is 6.46. The van der Waals surface area contributed by atoms with Crippen molar-refractivity contribution in [3.05, 3.63) is 54.4 Å². The summed E-state index contributed by atoms with van der Waals surface area (Å²) in [6.07, 6.45) is 1.62. The largest absolute Gasteiger partial charge is 0.378 e. The molecule has 23 heavy (non-hydrogen) atoms. The molecule has 0 bridgehead atoms. The van der Waals surface area contributed by atoms with Crippen LogP contribution in [0.2, 0.25) is 0 Å². The Morgan fingerprint density at radius 3 is 2.48 bits per heavy atom. The molecule has 0 radical (unpaired) electrons. The minimum atomic E-state index is 0.882. The van der Waals surface area contributed by atoms with Crippen LogP contribution in [-0.4, -0.2) is 29.0 Å². The van der Waals surface area contributed by atoms with E-state index in [0.29, 0.717) is 0 Å². The number of aromatic nitrogens is 3. The van der Waals surface area contributed by atoms with Gasteiger partial charge in [0, 0.05) is 36.2 Å². The van der Waals surface area contributed by atoms with Crippen LogP contribution in [0.5, 0.6) is 0 Å². The number of benzene rings is 2. The molecular weight excluding hydrogens is 284 g/mol. The van der Waals surface area contributed by atoms with Gasteiger partial charge in [-0.1, -0.05) is 23.8 Å². The summed E-state index contributed by atoms with van der Waals surface area (Å²) in [6.45, 7) is 2.10. The van der Waals surface area contributed by atoms with Crippen molar-refractivity contribution in [3.8, 4) is 11.3 Å². The lowest BCUT2D eigenvalue weighted by Crippen LogP contribution is -2.07. The first-order valence-corrected chi connectivity index (χ1v) is 7.64. The Bertz CT molecular complexity index is 997. The molecule has 0 aliphatic rings. The molecule has 4 aromatic rings. The van der Waals surface area contributed by atoms with Crippen LogP contribution in [0.3, 0.4) is 0 Å². The van der Waals surface area contributed by atoms with Crippen molar-refractivity contribution in [2.24, 2.45) is 0 Å². The first-order chi connectivity index (χ1) is 11.1. The number of H-pyrrole nitrogens is 1. The number of aryl methyl sites for hydroxylation is 1. The average molecular weight is 302 g/mol. The van der Waals surface area contributed by atoms with Crippen molar-refractivity contribution >= 4 is 27.6 Å². The lowest BCUT2D eigenvalue weighted by atomic mass is 10.0. The Hall–Kier alpha value is -2.88. The predicted molar refractivity (Wildman–Crippen MR) is 95.9 cm³/mol. The van der Waals surface area contributed by atoms with Gasteiger partial charge in [0.05, 0.1) is 11.1 Å². The number of hydrogen-bond donors (Lipinski definition) is 1. The fourth-order valence-corrected chi connectivity index (χ4v) is 2.97. The molecule has 0 saturated carbocycles. The molecule has 2 aromatic carbocycles. The summed E-state index contributed by atoms with van der Waals surface area (Å²) in [5.74, 6) is 0. The molecule has 0 aliphatic carbocycles. The first-order valence-electron chi connectivity index (χ1n) is 7.64. The van der Waals surface area contributed by atoms with Gasteiger partial charge < -0.3 is 9.88 Å². The number of aromatic amines is 1. The number of anilines is 1. The second-order valence-electron chi connectivity index (χ2n) is 6.06. The van der Waals surface area contributed by atoms with Gasteiger partial charge in [-0.05, 0) is 31.2 Å². The maximum atomic E-state index is 4.56. The summed E-state index contributed by atoms with van der Waals surface area (Å²) in [7, 11) is 4.08. The highest BCUT2D eigenvalue weighted by Gasteiger charge is 2.12. The monoisotopic (exact) mass is 302 g/mol. The van der Waals surface area contributed by atoms with Gasteiger partial charge >= 0.3 is 0 Å². The molecule has 0 amide bonds. The van der Waals surface area contributed by atoms with Gasteiger partial charge in [-0.15, -0.1) is 0 Å². The van der Waals surface area contributed by atoms with E-state index in [9.17, 15) is 0 Å². The number of nitrogens with one attached hydrogen (secondary N) is 1. The quantitative estimate of drug-likeness (QED) is 0.605. The van der Waals surface area contributed by atoms with Gasteiger partial charge in [0.15, 0.2) is 0 Å². The van der Waals surface area contributed by atoms with E-state index in [-0.39, 0.29) is 0 Å². The lowest BCUT2D eigenvalue weighted by molar-refractivity contribution is 1.13. The van der Waals surface area contributed by atoms with Crippen molar-refractivity contribution < 1.29 is 0 Å². The third-order valence-electron chi connectivity index (χ3n) is 4.20. The second-order valence-corrected chi connectivity index (χ2v) is 6.06. The summed E-state index contributed by atoms with van der Waals surface area (Å²) in [5, 5.41) is 2.26. The third kappa shape index (κ3) is 2.23. The van der Waals surface area contributed by atoms with Crippen LogP contribution in [-0.2, 0) is 0 Å². The van der Waals surface area contributed by atoms with E-state index in [0.717, 1.165) is 27.8 Å². The highest BCUT2D eigenvalue weighted by atomic mass is 15.1. The molecule has 0 spiro atoms. The Labute approximate surface area is 134 Å². The van der Waals surface area contributed by atoms with E-state index in [2.05, 4.69) is 69.2 Å². The van der Waals surface area contributed by atoms with E-state index in [1.165, 1.54) is 16.6 Å². The van der Waals surface area contributed by atoms with Crippen LogP contribution in [0.4, 0.5) is 5.69 Å². The van der Waals surface area contributed by atoms with E-state index in [4.69, 9.17) is 0 Å². The van der Waals surface area contributed by atoms with Crippen molar-refractivity contribution in [3.63, 3.8) is 0 Å². The van der Waals surface area contributed by atoms with Gasteiger partial charge in [-0.2, -0.15) is 0 Å². The summed E-state index contributed by atoms with van der Waals surface area (Å²) in [6, 6.07) is 14.9. The molecule has 4 nitrogen and oxygen atoms in total. The Balaban J connectivity index is 1.99. The number of hydrogen-bond acceptors (Lipinski definition) is 3. The molecular formula is C19H18N4. The Kier molecular flexibility index (Phi) is 3.05. The van der Waals surface area contributed by atoms with E-state index < -0.39 is 0 Å². The predicted octanol–water partition coefficient (Wildman–Crippen LogP) is 4.15. The number of nitrogens with zero attached hydrogens (tertiary/aromatic N) is 3. The third-order valence-corrected chi connectivity index (χ3v) is 4.20. The van der Waals surface area contributed by atoms with Crippen LogP contribution in [0.15, 0.2) is 48.8 Å². The first kappa shape index (κ1) is 13.8. The van der Waals surface area contributed by atoms with Crippen LogP contribution in [0, 0.1) is 6.92 Å². The molecule has 0 atom stereocenters. The molecule has 4 rings (SSSR count). The highest BCUT2D eigenvalue weighted by Crippen LogP contribution is 2.32. The van der Waals surface area contributed by atoms with Crippen LogP contribution in [0.1, 0.15) is 5.56 Å². The van der Waals surface area contributed by atoms with Crippen molar-refractivity contribution in [1.29, 1.82) is 0 Å². The summed E-state index contributed by atoms with van der Waals surface area (Å²) >= 11 is 0. The molecule has 114 valence electrons. The standard InChI is InChI=1S/C19H18N4/c1-12-4-9-16-15(10-12)17-18(20-11-21-19(17)22-16)13-5-7-14(8-6-13)23(2)3/h4-11H,1-3H3,(H,20,21,22). The Morgan fingerprint density at radius 2 is 1.74 bits per heavy atom. The van der Waals surface area contributed by atoms with E-state index >= 15 is 0 Å². The summed E-state index contributed by atoms with van der Waals surface area (Å²) in [4.78, 5) is 14.4. The molecule has 0 saturated heterocycles. The normalized spacial score (nSPS) is 11.3. The van der Waals surface area contributed by atoms with Crippen molar-refractivity contribution in [1.82, 2.24) is 15.0 Å². The molecule has 0 fully saturated rings. The Morgan fingerprint density at radius 1 is 0.957 bits per heavy atom. The average Bonchev–Trinajstić information content (AvgIpc) is 2.93. The molecule has 0 unspecified atom stereocenters. The highest BCUT2D eigenvalue weighted by molar-refractivity contribution is 6.12. The van der Waals surface area contributed by atoms with Gasteiger partial charge in [-0.25, -0.2) is 9.97 Å². The smallest absolute Gasteiger partial charge is 0.142 e. The molecule has 2 aromatic heterocycles. The minimum absolute atomic E-state index is 0.882. The molecule has 4 heteroatoms. The minimum Gasteiger partial charge on any atom is -0.378 e. The zero-order valence-corrected chi connectivity index (χ0v) is 13.5. The fraction of sp³-hybridized carbons (Fsp3) is 0.158. The van der Waals surface area contributed by atoms with Gasteiger partial charge in [0.1, 0.15) is 12.0 Å². The fourth-order valence-electron chi connectivity index (χ4n) is 2.97. The van der Waals surface area contributed by atoms with Crippen LogP contribution in [0.25, 0.3) is 33.2 Å². The van der Waals surface area contributed by atoms with E-state index in [1.807, 2.05) is 14.1 Å². The SMILES string of the molecule is Cc1ccc2[nH]c3ncnc(-c4ccc(N(C)C)cc4)c3c2c1. The zero-order chi connectivity index (χ0) is 16.0. The van der Waals surface area contributed by atoms with Gasteiger partial charge in [-0.3, -0.25) is 0 Å². The zero-order valence-electron chi connectivity index (χ0n) is 13.5.